The molecule has 0 aromatic heterocycles. The van der Waals surface area contributed by atoms with Crippen LogP contribution in [0.4, 0.5) is 0 Å². The Morgan fingerprint density at radius 2 is 1.83 bits per heavy atom. The quantitative estimate of drug-likeness (QED) is 0.567. The van der Waals surface area contributed by atoms with Crippen molar-refractivity contribution in [3.63, 3.8) is 0 Å². The van der Waals surface area contributed by atoms with E-state index < -0.39 is 17.9 Å². The van der Waals surface area contributed by atoms with Crippen LogP contribution in [0, 0.1) is 0 Å². The molecule has 0 heterocycles. The van der Waals surface area contributed by atoms with Gasteiger partial charge in [-0.1, -0.05) is 0 Å². The zero-order valence-electron chi connectivity index (χ0n) is 7.24. The third kappa shape index (κ3) is 4.68. The van der Waals surface area contributed by atoms with E-state index in [0.717, 1.165) is 0 Å². The maximum atomic E-state index is 10.5. The molecule has 0 radical (unpaired) electrons. The molecule has 0 bridgehead atoms. The summed E-state index contributed by atoms with van der Waals surface area (Å²) in [6.45, 7) is 3.18. The summed E-state index contributed by atoms with van der Waals surface area (Å²) in [5.41, 5.74) is 9.85. The van der Waals surface area contributed by atoms with Crippen LogP contribution in [0.2, 0.25) is 0 Å². The second-order valence-electron chi connectivity index (χ2n) is 2.66. The van der Waals surface area contributed by atoms with E-state index in [-0.39, 0.29) is 12.5 Å². The summed E-state index contributed by atoms with van der Waals surface area (Å²) in [6.07, 6.45) is -0.957. The third-order valence-electron chi connectivity index (χ3n) is 1.33. The Balaban J connectivity index is 3.76. The van der Waals surface area contributed by atoms with Crippen molar-refractivity contribution < 1.29 is 14.3 Å². The van der Waals surface area contributed by atoms with Gasteiger partial charge in [0.2, 0.25) is 11.8 Å². The number of rotatable bonds is 5. The Kier molecular flexibility index (Phi) is 4.28. The van der Waals surface area contributed by atoms with E-state index in [1.165, 1.54) is 6.92 Å². The van der Waals surface area contributed by atoms with Gasteiger partial charge in [0.15, 0.2) is 0 Å². The van der Waals surface area contributed by atoms with Crippen molar-refractivity contribution in [3.8, 4) is 0 Å². The molecule has 70 valence electrons. The summed E-state index contributed by atoms with van der Waals surface area (Å²) in [5, 5.41) is 0. The lowest BCUT2D eigenvalue weighted by Crippen LogP contribution is -2.32. The summed E-state index contributed by atoms with van der Waals surface area (Å²) in [4.78, 5) is 20.9. The number of amides is 2. The first-order chi connectivity index (χ1) is 5.43. The number of primary amides is 2. The minimum Gasteiger partial charge on any atom is -0.370 e. The van der Waals surface area contributed by atoms with Crippen LogP contribution >= 0.6 is 0 Å². The SMILES string of the molecule is CC(CC(N)=O)OC(C)C(N)=O. The van der Waals surface area contributed by atoms with Crippen LogP contribution in [-0.4, -0.2) is 24.0 Å². The van der Waals surface area contributed by atoms with Crippen LogP contribution in [0.3, 0.4) is 0 Å². The van der Waals surface area contributed by atoms with E-state index in [9.17, 15) is 9.59 Å². The predicted octanol–water partition coefficient (Wildman–Crippen LogP) is -0.859. The molecule has 2 amide bonds. The van der Waals surface area contributed by atoms with Crippen molar-refractivity contribution in [3.05, 3.63) is 0 Å². The number of hydrogen-bond acceptors (Lipinski definition) is 3. The number of nitrogens with two attached hydrogens (primary N) is 2. The highest BCUT2D eigenvalue weighted by Gasteiger charge is 2.14. The van der Waals surface area contributed by atoms with E-state index in [1.54, 1.807) is 6.92 Å². The lowest BCUT2D eigenvalue weighted by molar-refractivity contribution is -0.134. The molecule has 0 saturated carbocycles. The molecule has 5 nitrogen and oxygen atoms in total. The van der Waals surface area contributed by atoms with Gasteiger partial charge in [0.05, 0.1) is 12.5 Å². The first-order valence-corrected chi connectivity index (χ1v) is 3.66. The molecule has 4 N–H and O–H groups in total. The Labute approximate surface area is 71.0 Å². The number of ether oxygens (including phenoxy) is 1. The summed E-state index contributed by atoms with van der Waals surface area (Å²) < 4.78 is 5.05. The predicted molar refractivity (Wildman–Crippen MR) is 43.0 cm³/mol. The van der Waals surface area contributed by atoms with E-state index >= 15 is 0 Å². The average molecular weight is 174 g/mol. The smallest absolute Gasteiger partial charge is 0.246 e. The van der Waals surface area contributed by atoms with E-state index in [2.05, 4.69) is 0 Å². The van der Waals surface area contributed by atoms with Gasteiger partial charge in [0.25, 0.3) is 0 Å². The molecule has 0 rings (SSSR count). The van der Waals surface area contributed by atoms with Crippen molar-refractivity contribution in [2.45, 2.75) is 32.5 Å². The van der Waals surface area contributed by atoms with Crippen molar-refractivity contribution in [1.82, 2.24) is 0 Å². The molecule has 0 spiro atoms. The third-order valence-corrected chi connectivity index (χ3v) is 1.33. The van der Waals surface area contributed by atoms with Gasteiger partial charge >= 0.3 is 0 Å². The molecular formula is C7H14N2O3. The molecule has 0 aliphatic rings. The van der Waals surface area contributed by atoms with Crippen LogP contribution in [0.5, 0.6) is 0 Å². The van der Waals surface area contributed by atoms with Crippen molar-refractivity contribution >= 4 is 11.8 Å². The normalized spacial score (nSPS) is 15.2. The molecule has 0 fully saturated rings. The van der Waals surface area contributed by atoms with Gasteiger partial charge in [0, 0.05) is 0 Å². The zero-order valence-corrected chi connectivity index (χ0v) is 7.24. The lowest BCUT2D eigenvalue weighted by Gasteiger charge is -2.14. The topological polar surface area (TPSA) is 95.4 Å². The van der Waals surface area contributed by atoms with Gasteiger partial charge in [-0.2, -0.15) is 0 Å². The first-order valence-electron chi connectivity index (χ1n) is 3.66. The molecule has 12 heavy (non-hydrogen) atoms. The molecule has 0 aliphatic heterocycles. The molecular weight excluding hydrogens is 160 g/mol. The average Bonchev–Trinajstić information content (AvgIpc) is 1.84. The number of hydrogen-bond donors (Lipinski definition) is 2. The number of carbonyl (C=O) groups excluding carboxylic acids is 2. The van der Waals surface area contributed by atoms with Crippen molar-refractivity contribution in [2.75, 3.05) is 0 Å². The van der Waals surface area contributed by atoms with E-state index in [0.29, 0.717) is 0 Å². The van der Waals surface area contributed by atoms with Crippen molar-refractivity contribution in [1.29, 1.82) is 0 Å². The second-order valence-corrected chi connectivity index (χ2v) is 2.66. The van der Waals surface area contributed by atoms with Crippen LogP contribution in [-0.2, 0) is 14.3 Å². The summed E-state index contributed by atoms with van der Waals surface area (Å²) in [6, 6.07) is 0. The van der Waals surface area contributed by atoms with Crippen LogP contribution < -0.4 is 11.5 Å². The monoisotopic (exact) mass is 174 g/mol. The highest BCUT2D eigenvalue weighted by molar-refractivity contribution is 5.78. The Morgan fingerprint density at radius 1 is 1.33 bits per heavy atom. The fourth-order valence-electron chi connectivity index (χ4n) is 0.747. The minimum absolute atomic E-state index is 0.0949. The van der Waals surface area contributed by atoms with E-state index in [1.807, 2.05) is 0 Å². The zero-order chi connectivity index (χ0) is 9.72. The molecule has 2 unspecified atom stereocenters. The molecule has 0 aromatic carbocycles. The molecule has 5 heteroatoms. The molecule has 0 saturated heterocycles. The maximum Gasteiger partial charge on any atom is 0.246 e. The highest BCUT2D eigenvalue weighted by atomic mass is 16.5. The Bertz CT molecular complexity index is 181. The molecule has 0 aliphatic carbocycles. The Morgan fingerprint density at radius 3 is 2.17 bits per heavy atom. The molecule has 2 atom stereocenters. The summed E-state index contributed by atoms with van der Waals surface area (Å²) >= 11 is 0. The van der Waals surface area contributed by atoms with E-state index in [4.69, 9.17) is 16.2 Å². The van der Waals surface area contributed by atoms with Gasteiger partial charge in [-0.15, -0.1) is 0 Å². The van der Waals surface area contributed by atoms with Crippen molar-refractivity contribution in [2.24, 2.45) is 11.5 Å². The Hall–Kier alpha value is -1.10. The van der Waals surface area contributed by atoms with Crippen LogP contribution in [0.25, 0.3) is 0 Å². The largest absolute Gasteiger partial charge is 0.370 e. The van der Waals surface area contributed by atoms with Gasteiger partial charge in [-0.3, -0.25) is 9.59 Å². The van der Waals surface area contributed by atoms with Gasteiger partial charge in [-0.05, 0) is 13.8 Å². The van der Waals surface area contributed by atoms with Crippen LogP contribution in [0.1, 0.15) is 20.3 Å². The highest BCUT2D eigenvalue weighted by Crippen LogP contribution is 2.00. The number of carbonyl (C=O) groups is 2. The van der Waals surface area contributed by atoms with Gasteiger partial charge in [-0.25, -0.2) is 0 Å². The van der Waals surface area contributed by atoms with Gasteiger partial charge in [0.1, 0.15) is 6.10 Å². The first kappa shape index (κ1) is 10.9. The van der Waals surface area contributed by atoms with Crippen LogP contribution in [0.15, 0.2) is 0 Å². The maximum absolute atomic E-state index is 10.5. The lowest BCUT2D eigenvalue weighted by atomic mass is 10.2. The fraction of sp³-hybridized carbons (Fsp3) is 0.714. The van der Waals surface area contributed by atoms with Gasteiger partial charge < -0.3 is 16.2 Å². The second kappa shape index (κ2) is 4.71. The standard InChI is InChI=1S/C7H14N2O3/c1-4(3-6(8)10)12-5(2)7(9)11/h4-5H,3H2,1-2H3,(H2,8,10)(H2,9,11). The summed E-state index contributed by atoms with van der Waals surface area (Å²) in [5.74, 6) is -1.01. The minimum atomic E-state index is -0.681. The summed E-state index contributed by atoms with van der Waals surface area (Å²) in [7, 11) is 0. The fourth-order valence-corrected chi connectivity index (χ4v) is 0.747. The molecule has 0 aromatic rings.